The molecule has 1 unspecified atom stereocenters. The molecule has 7 heteroatoms. The third kappa shape index (κ3) is 5.71. The van der Waals surface area contributed by atoms with E-state index in [9.17, 15) is 9.59 Å². The van der Waals surface area contributed by atoms with Crippen molar-refractivity contribution in [2.75, 3.05) is 26.2 Å². The lowest BCUT2D eigenvalue weighted by molar-refractivity contribution is -0.120. The number of nitrogens with zero attached hydrogens (tertiary/aromatic N) is 1. The van der Waals surface area contributed by atoms with Crippen LogP contribution in [0.2, 0.25) is 0 Å². The van der Waals surface area contributed by atoms with Gasteiger partial charge >= 0.3 is 0 Å². The second-order valence-corrected chi connectivity index (χ2v) is 6.52. The number of furan rings is 1. The maximum Gasteiger partial charge on any atom is 0.287 e. The predicted molar refractivity (Wildman–Crippen MR) is 104 cm³/mol. The van der Waals surface area contributed by atoms with E-state index in [1.165, 1.54) is 0 Å². The van der Waals surface area contributed by atoms with Crippen molar-refractivity contribution in [1.29, 1.82) is 0 Å². The average molecular weight is 422 g/mol. The lowest BCUT2D eigenvalue weighted by Gasteiger charge is -2.30. The second-order valence-electron chi connectivity index (χ2n) is 5.74. The Morgan fingerprint density at radius 3 is 2.35 bits per heavy atom. The minimum Gasteiger partial charge on any atom is -0.444 e. The van der Waals surface area contributed by atoms with Gasteiger partial charge in [-0.2, -0.15) is 0 Å². The van der Waals surface area contributed by atoms with Crippen LogP contribution in [0.1, 0.15) is 36.0 Å². The monoisotopic (exact) mass is 421 g/mol. The molecule has 0 saturated carbocycles. The summed E-state index contributed by atoms with van der Waals surface area (Å²) in [4.78, 5) is 26.3. The topological polar surface area (TPSA) is 74.6 Å². The zero-order valence-corrected chi connectivity index (χ0v) is 16.6. The number of nitrogens with one attached hydrogen (secondary N) is 2. The molecule has 2 rings (SSSR count). The Morgan fingerprint density at radius 1 is 1.08 bits per heavy atom. The molecular weight excluding hydrogens is 398 g/mol. The predicted octanol–water partition coefficient (Wildman–Crippen LogP) is 2.97. The van der Waals surface area contributed by atoms with Crippen molar-refractivity contribution in [2.24, 2.45) is 0 Å². The molecule has 2 aromatic rings. The largest absolute Gasteiger partial charge is 0.444 e. The fourth-order valence-corrected chi connectivity index (χ4v) is 3.06. The average Bonchev–Trinajstić information content (AvgIpc) is 3.10. The highest BCUT2D eigenvalue weighted by Crippen LogP contribution is 2.19. The van der Waals surface area contributed by atoms with Crippen LogP contribution in [0.4, 0.5) is 0 Å². The summed E-state index contributed by atoms with van der Waals surface area (Å²) in [5, 5.41) is 5.46. The number of likely N-dealkylation sites (N-methyl/N-ethyl adjacent to an activating group) is 1. The lowest BCUT2D eigenvalue weighted by atomic mass is 10.1. The third-order valence-electron chi connectivity index (χ3n) is 4.14. The van der Waals surface area contributed by atoms with Gasteiger partial charge in [0.05, 0.1) is 12.6 Å². The molecule has 2 amide bonds. The molecule has 0 aliphatic heterocycles. The number of hydrogen-bond acceptors (Lipinski definition) is 4. The first kappa shape index (κ1) is 20.2. The molecule has 0 bridgehead atoms. The number of amides is 2. The summed E-state index contributed by atoms with van der Waals surface area (Å²) in [5.74, 6) is -0.499. The van der Waals surface area contributed by atoms with E-state index in [-0.39, 0.29) is 24.3 Å². The van der Waals surface area contributed by atoms with Gasteiger partial charge in [-0.25, -0.2) is 0 Å². The van der Waals surface area contributed by atoms with Crippen LogP contribution in [-0.4, -0.2) is 42.9 Å². The van der Waals surface area contributed by atoms with Crippen LogP contribution in [0.3, 0.4) is 0 Å². The van der Waals surface area contributed by atoms with E-state index in [1.807, 2.05) is 18.2 Å². The van der Waals surface area contributed by atoms with Gasteiger partial charge in [-0.05, 0) is 46.7 Å². The first-order chi connectivity index (χ1) is 12.5. The number of carbonyl (C=O) groups is 2. The highest BCUT2D eigenvalue weighted by atomic mass is 79.9. The molecule has 1 aromatic carbocycles. The molecule has 0 fully saturated rings. The minimum absolute atomic E-state index is 0.0897. The lowest BCUT2D eigenvalue weighted by Crippen LogP contribution is -2.42. The van der Waals surface area contributed by atoms with Crippen molar-refractivity contribution in [1.82, 2.24) is 15.5 Å². The molecule has 1 heterocycles. The van der Waals surface area contributed by atoms with Gasteiger partial charge in [-0.15, -0.1) is 0 Å². The number of hydrogen-bond donors (Lipinski definition) is 2. The van der Waals surface area contributed by atoms with Crippen LogP contribution in [0, 0.1) is 0 Å². The number of rotatable bonds is 9. The standard InChI is InChI=1S/C19H24BrN3O3/c1-3-23(4-2)15(14-8-6-5-7-9-14)12-21-18(24)13-22-19(25)16-10-11-17(20)26-16/h5-11,15H,3-4,12-13H2,1-2H3,(H,21,24)(H,22,25). The van der Waals surface area contributed by atoms with Gasteiger partial charge in [0.25, 0.3) is 5.91 Å². The van der Waals surface area contributed by atoms with Gasteiger partial charge in [-0.1, -0.05) is 44.2 Å². The summed E-state index contributed by atoms with van der Waals surface area (Å²) in [7, 11) is 0. The van der Waals surface area contributed by atoms with Crippen molar-refractivity contribution in [3.8, 4) is 0 Å². The Kier molecular flexibility index (Phi) is 7.87. The normalized spacial score (nSPS) is 12.0. The van der Waals surface area contributed by atoms with Crippen molar-refractivity contribution in [3.05, 3.63) is 58.5 Å². The Labute approximate surface area is 162 Å². The van der Waals surface area contributed by atoms with Crippen molar-refractivity contribution in [3.63, 3.8) is 0 Å². The van der Waals surface area contributed by atoms with E-state index in [0.717, 1.165) is 18.7 Å². The summed E-state index contributed by atoms with van der Waals surface area (Å²) in [5.41, 5.74) is 1.15. The SMILES string of the molecule is CCN(CC)C(CNC(=O)CNC(=O)c1ccc(Br)o1)c1ccccc1. The van der Waals surface area contributed by atoms with Crippen LogP contribution < -0.4 is 10.6 Å². The quantitative estimate of drug-likeness (QED) is 0.652. The van der Waals surface area contributed by atoms with Crippen LogP contribution in [-0.2, 0) is 4.79 Å². The molecule has 1 aromatic heterocycles. The first-order valence-corrected chi connectivity index (χ1v) is 9.43. The summed E-state index contributed by atoms with van der Waals surface area (Å²) in [6.45, 7) is 6.35. The zero-order chi connectivity index (χ0) is 18.9. The molecule has 26 heavy (non-hydrogen) atoms. The van der Waals surface area contributed by atoms with Crippen molar-refractivity contribution >= 4 is 27.7 Å². The fraction of sp³-hybridized carbons (Fsp3) is 0.368. The molecule has 0 aliphatic carbocycles. The second kappa shape index (κ2) is 10.1. The molecule has 0 radical (unpaired) electrons. The third-order valence-corrected chi connectivity index (χ3v) is 4.56. The fourth-order valence-electron chi connectivity index (χ4n) is 2.75. The van der Waals surface area contributed by atoms with Crippen molar-refractivity contribution in [2.45, 2.75) is 19.9 Å². The highest BCUT2D eigenvalue weighted by molar-refractivity contribution is 9.10. The molecule has 2 N–H and O–H groups in total. The smallest absolute Gasteiger partial charge is 0.287 e. The van der Waals surface area contributed by atoms with Gasteiger partial charge in [-0.3, -0.25) is 14.5 Å². The van der Waals surface area contributed by atoms with E-state index in [1.54, 1.807) is 12.1 Å². The van der Waals surface area contributed by atoms with Crippen LogP contribution >= 0.6 is 15.9 Å². The molecule has 1 atom stereocenters. The number of carbonyl (C=O) groups excluding carboxylic acids is 2. The van der Waals surface area contributed by atoms with Gasteiger partial charge in [0.1, 0.15) is 0 Å². The van der Waals surface area contributed by atoms with E-state index in [0.29, 0.717) is 11.2 Å². The summed E-state index contributed by atoms with van der Waals surface area (Å²) in [6.07, 6.45) is 0. The molecule has 6 nitrogen and oxygen atoms in total. The van der Waals surface area contributed by atoms with Crippen LogP contribution in [0.5, 0.6) is 0 Å². The van der Waals surface area contributed by atoms with Gasteiger partial charge in [0.2, 0.25) is 5.91 Å². The maximum atomic E-state index is 12.1. The van der Waals surface area contributed by atoms with Crippen molar-refractivity contribution < 1.29 is 14.0 Å². The van der Waals surface area contributed by atoms with Crippen LogP contribution in [0.15, 0.2) is 51.6 Å². The maximum absolute atomic E-state index is 12.1. The number of benzene rings is 1. The molecule has 0 saturated heterocycles. The highest BCUT2D eigenvalue weighted by Gasteiger charge is 2.19. The molecule has 0 spiro atoms. The Bertz CT molecular complexity index is 714. The Morgan fingerprint density at radius 2 is 1.77 bits per heavy atom. The van der Waals surface area contributed by atoms with E-state index >= 15 is 0 Å². The first-order valence-electron chi connectivity index (χ1n) is 8.64. The van der Waals surface area contributed by atoms with E-state index in [4.69, 9.17) is 4.42 Å². The number of halogens is 1. The Hall–Kier alpha value is -2.12. The molecular formula is C19H24BrN3O3. The van der Waals surface area contributed by atoms with Gasteiger partial charge in [0, 0.05) is 6.54 Å². The summed E-state index contributed by atoms with van der Waals surface area (Å²) in [6, 6.07) is 13.4. The van der Waals surface area contributed by atoms with Crippen LogP contribution in [0.25, 0.3) is 0 Å². The minimum atomic E-state index is -0.422. The molecule has 140 valence electrons. The summed E-state index contributed by atoms with van der Waals surface area (Å²) < 4.78 is 5.63. The van der Waals surface area contributed by atoms with Gasteiger partial charge in [0.15, 0.2) is 10.4 Å². The Balaban J connectivity index is 1.89. The van der Waals surface area contributed by atoms with Gasteiger partial charge < -0.3 is 15.1 Å². The summed E-state index contributed by atoms with van der Waals surface area (Å²) >= 11 is 3.14. The zero-order valence-electron chi connectivity index (χ0n) is 15.0. The van der Waals surface area contributed by atoms with E-state index in [2.05, 4.69) is 57.4 Å². The van der Waals surface area contributed by atoms with E-state index < -0.39 is 5.91 Å². The molecule has 0 aliphatic rings.